The third-order valence-corrected chi connectivity index (χ3v) is 4.31. The van der Waals surface area contributed by atoms with Crippen molar-refractivity contribution in [1.29, 1.82) is 0 Å². The van der Waals surface area contributed by atoms with Crippen molar-refractivity contribution in [3.63, 3.8) is 0 Å². The molecule has 1 aliphatic rings. The van der Waals surface area contributed by atoms with Gasteiger partial charge in [0, 0.05) is 32.3 Å². The van der Waals surface area contributed by atoms with Gasteiger partial charge in [0.15, 0.2) is 0 Å². The highest BCUT2D eigenvalue weighted by Gasteiger charge is 2.42. The van der Waals surface area contributed by atoms with E-state index in [4.69, 9.17) is 4.74 Å². The molecule has 1 aromatic rings. The number of ether oxygens (including phenoxy) is 1. The highest BCUT2D eigenvalue weighted by molar-refractivity contribution is 5.95. The van der Waals surface area contributed by atoms with Gasteiger partial charge >= 0.3 is 0 Å². The minimum Gasteiger partial charge on any atom is -0.383 e. The van der Waals surface area contributed by atoms with Crippen molar-refractivity contribution in [2.45, 2.75) is 20.3 Å². The molecule has 126 valence electrons. The number of rotatable bonds is 5. The second kappa shape index (κ2) is 7.08. The Bertz CT molecular complexity index is 606. The molecule has 2 rings (SSSR count). The summed E-state index contributed by atoms with van der Waals surface area (Å²) in [4.78, 5) is 26.5. The van der Waals surface area contributed by atoms with Gasteiger partial charge in [-0.1, -0.05) is 0 Å². The zero-order valence-electron chi connectivity index (χ0n) is 13.8. The fraction of sp³-hybridized carbons (Fsp3) is 0.529. The summed E-state index contributed by atoms with van der Waals surface area (Å²) < 4.78 is 18.2. The number of benzene rings is 1. The standard InChI is InChI=1S/C17H23FN2O3/c1-12-10-13(4-5-14(12)18)15(21)20-8-6-17(2,11-20)16(22)19-7-9-23-3/h4-5,10H,6-9,11H2,1-3H3,(H,19,22). The number of carbonyl (C=O) groups excluding carboxylic acids is 2. The van der Waals surface area contributed by atoms with E-state index in [1.807, 2.05) is 6.92 Å². The first-order valence-electron chi connectivity index (χ1n) is 7.70. The Morgan fingerprint density at radius 1 is 1.43 bits per heavy atom. The molecule has 0 aliphatic carbocycles. The summed E-state index contributed by atoms with van der Waals surface area (Å²) in [5.41, 5.74) is 0.293. The number of halogens is 1. The molecule has 6 heteroatoms. The van der Waals surface area contributed by atoms with Crippen LogP contribution in [0.1, 0.15) is 29.3 Å². The molecular weight excluding hydrogens is 299 g/mol. The summed E-state index contributed by atoms with van der Waals surface area (Å²) in [6, 6.07) is 4.33. The Kier molecular flexibility index (Phi) is 5.36. The number of nitrogens with one attached hydrogen (secondary N) is 1. The number of likely N-dealkylation sites (tertiary alicyclic amines) is 1. The van der Waals surface area contributed by atoms with E-state index < -0.39 is 5.41 Å². The molecule has 1 aromatic carbocycles. The highest BCUT2D eigenvalue weighted by Crippen LogP contribution is 2.31. The normalized spacial score (nSPS) is 20.6. The van der Waals surface area contributed by atoms with E-state index in [1.54, 1.807) is 25.0 Å². The molecule has 0 aromatic heterocycles. The summed E-state index contributed by atoms with van der Waals surface area (Å²) in [7, 11) is 1.58. The van der Waals surface area contributed by atoms with Gasteiger partial charge in [0.2, 0.25) is 5.91 Å². The third-order valence-electron chi connectivity index (χ3n) is 4.31. The zero-order valence-corrected chi connectivity index (χ0v) is 13.8. The van der Waals surface area contributed by atoms with Crippen LogP contribution in [-0.2, 0) is 9.53 Å². The predicted molar refractivity (Wildman–Crippen MR) is 84.7 cm³/mol. The van der Waals surface area contributed by atoms with Gasteiger partial charge in [-0.2, -0.15) is 0 Å². The van der Waals surface area contributed by atoms with Gasteiger partial charge in [-0.05, 0) is 44.0 Å². The Labute approximate surface area is 135 Å². The molecule has 1 atom stereocenters. The molecule has 5 nitrogen and oxygen atoms in total. The maximum absolute atomic E-state index is 13.3. The number of nitrogens with zero attached hydrogens (tertiary/aromatic N) is 1. The van der Waals surface area contributed by atoms with Crippen LogP contribution in [0.4, 0.5) is 4.39 Å². The second-order valence-electron chi connectivity index (χ2n) is 6.25. The maximum atomic E-state index is 13.3. The minimum atomic E-state index is -0.599. The molecule has 1 fully saturated rings. The molecule has 1 saturated heterocycles. The first-order chi connectivity index (χ1) is 10.9. The van der Waals surface area contributed by atoms with Gasteiger partial charge in [0.25, 0.3) is 5.91 Å². The Balaban J connectivity index is 2.02. The van der Waals surface area contributed by atoms with Crippen molar-refractivity contribution in [1.82, 2.24) is 10.2 Å². The lowest BCUT2D eigenvalue weighted by molar-refractivity contribution is -0.129. The topological polar surface area (TPSA) is 58.6 Å². The second-order valence-corrected chi connectivity index (χ2v) is 6.25. The van der Waals surface area contributed by atoms with Gasteiger partial charge in [-0.25, -0.2) is 4.39 Å². The van der Waals surface area contributed by atoms with Crippen LogP contribution in [0.2, 0.25) is 0 Å². The number of hydrogen-bond acceptors (Lipinski definition) is 3. The van der Waals surface area contributed by atoms with Crippen LogP contribution in [0.25, 0.3) is 0 Å². The van der Waals surface area contributed by atoms with Crippen LogP contribution in [0.3, 0.4) is 0 Å². The van der Waals surface area contributed by atoms with E-state index >= 15 is 0 Å². The minimum absolute atomic E-state index is 0.0693. The summed E-state index contributed by atoms with van der Waals surface area (Å²) in [6.45, 7) is 5.28. The van der Waals surface area contributed by atoms with Gasteiger partial charge in [-0.15, -0.1) is 0 Å². The molecule has 2 amide bonds. The van der Waals surface area contributed by atoms with Gasteiger partial charge < -0.3 is 15.0 Å². The molecule has 1 N–H and O–H groups in total. The largest absolute Gasteiger partial charge is 0.383 e. The van der Waals surface area contributed by atoms with Crippen molar-refractivity contribution in [2.24, 2.45) is 5.41 Å². The molecule has 0 bridgehead atoms. The van der Waals surface area contributed by atoms with Crippen molar-refractivity contribution >= 4 is 11.8 Å². The van der Waals surface area contributed by atoms with E-state index in [-0.39, 0.29) is 17.6 Å². The smallest absolute Gasteiger partial charge is 0.253 e. The maximum Gasteiger partial charge on any atom is 0.253 e. The van der Waals surface area contributed by atoms with Crippen LogP contribution in [0.5, 0.6) is 0 Å². The van der Waals surface area contributed by atoms with E-state index in [0.29, 0.717) is 43.8 Å². The number of methoxy groups -OCH3 is 1. The SMILES string of the molecule is COCCNC(=O)C1(C)CCN(C(=O)c2ccc(F)c(C)c2)C1. The lowest BCUT2D eigenvalue weighted by Gasteiger charge is -2.23. The summed E-state index contributed by atoms with van der Waals surface area (Å²) in [5, 5.41) is 2.83. The fourth-order valence-electron chi connectivity index (χ4n) is 2.76. The average molecular weight is 322 g/mol. The average Bonchev–Trinajstić information content (AvgIpc) is 2.93. The molecule has 23 heavy (non-hydrogen) atoms. The summed E-state index contributed by atoms with van der Waals surface area (Å²) in [6.07, 6.45) is 0.609. The molecule has 0 spiro atoms. The van der Waals surface area contributed by atoms with Crippen LogP contribution < -0.4 is 5.32 Å². The zero-order chi connectivity index (χ0) is 17.0. The quantitative estimate of drug-likeness (QED) is 0.840. The molecule has 0 radical (unpaired) electrons. The van der Waals surface area contributed by atoms with E-state index in [1.165, 1.54) is 12.1 Å². The van der Waals surface area contributed by atoms with E-state index in [0.717, 1.165) is 0 Å². The van der Waals surface area contributed by atoms with Gasteiger partial charge in [-0.3, -0.25) is 9.59 Å². The highest BCUT2D eigenvalue weighted by atomic mass is 19.1. The van der Waals surface area contributed by atoms with Crippen molar-refractivity contribution in [3.8, 4) is 0 Å². The Hall–Kier alpha value is -1.95. The van der Waals surface area contributed by atoms with E-state index in [2.05, 4.69) is 5.32 Å². The molecular formula is C17H23FN2O3. The summed E-state index contributed by atoms with van der Waals surface area (Å²) >= 11 is 0. The lowest BCUT2D eigenvalue weighted by Crippen LogP contribution is -2.42. The van der Waals surface area contributed by atoms with Crippen molar-refractivity contribution < 1.29 is 18.7 Å². The number of carbonyl (C=O) groups is 2. The monoisotopic (exact) mass is 322 g/mol. The summed E-state index contributed by atoms with van der Waals surface area (Å²) in [5.74, 6) is -0.563. The van der Waals surface area contributed by atoms with E-state index in [9.17, 15) is 14.0 Å². The van der Waals surface area contributed by atoms with Crippen LogP contribution in [0.15, 0.2) is 18.2 Å². The number of hydrogen-bond donors (Lipinski definition) is 1. The molecule has 1 aliphatic heterocycles. The lowest BCUT2D eigenvalue weighted by atomic mass is 9.89. The molecule has 0 saturated carbocycles. The number of amides is 2. The van der Waals surface area contributed by atoms with Gasteiger partial charge in [0.1, 0.15) is 5.82 Å². The first-order valence-corrected chi connectivity index (χ1v) is 7.70. The Morgan fingerprint density at radius 3 is 2.83 bits per heavy atom. The van der Waals surface area contributed by atoms with Gasteiger partial charge in [0.05, 0.1) is 12.0 Å². The molecule has 1 unspecified atom stereocenters. The molecule has 1 heterocycles. The van der Waals surface area contributed by atoms with Crippen molar-refractivity contribution in [2.75, 3.05) is 33.4 Å². The van der Waals surface area contributed by atoms with Crippen LogP contribution in [0, 0.1) is 18.2 Å². The first kappa shape index (κ1) is 17.4. The van der Waals surface area contributed by atoms with Crippen molar-refractivity contribution in [3.05, 3.63) is 35.1 Å². The Morgan fingerprint density at radius 2 is 2.17 bits per heavy atom. The number of aryl methyl sites for hydroxylation is 1. The third kappa shape index (κ3) is 3.88. The predicted octanol–water partition coefficient (Wildman–Crippen LogP) is 1.75. The van der Waals surface area contributed by atoms with Crippen LogP contribution in [-0.4, -0.2) is 50.1 Å². The fourth-order valence-corrected chi connectivity index (χ4v) is 2.76. The van der Waals surface area contributed by atoms with Crippen LogP contribution >= 0.6 is 0 Å².